The van der Waals surface area contributed by atoms with E-state index >= 15 is 0 Å². The number of aliphatic hydroxyl groups excluding tert-OH is 1. The zero-order valence-electron chi connectivity index (χ0n) is 8.76. The lowest BCUT2D eigenvalue weighted by Crippen LogP contribution is -2.64. The minimum absolute atomic E-state index is 0.174. The molecule has 1 unspecified atom stereocenters. The smallest absolute Gasteiger partial charge is 0.276 e. The molecule has 0 aromatic carbocycles. The molecule has 0 aliphatic carbocycles. The average Bonchev–Trinajstić information content (AvgIpc) is 2.02. The van der Waals surface area contributed by atoms with Crippen molar-refractivity contribution in [3.05, 3.63) is 0 Å². The van der Waals surface area contributed by atoms with Gasteiger partial charge in [-0.2, -0.15) is 0 Å². The second-order valence-corrected chi connectivity index (χ2v) is 3.78. The molecule has 0 heterocycles. The first-order valence-electron chi connectivity index (χ1n) is 4.91. The average molecular weight is 210 g/mol. The summed E-state index contributed by atoms with van der Waals surface area (Å²) in [7, 11) is 0. The van der Waals surface area contributed by atoms with Crippen molar-refractivity contribution >= 4 is 0 Å². The highest BCUT2D eigenvalue weighted by molar-refractivity contribution is 4.93. The number of hydrogen-bond donors (Lipinski definition) is 3. The number of aliphatic hydroxyl groups is 1. The van der Waals surface area contributed by atoms with Crippen molar-refractivity contribution in [2.24, 2.45) is 11.5 Å². The van der Waals surface area contributed by atoms with E-state index in [1.54, 1.807) is 13.8 Å². The van der Waals surface area contributed by atoms with E-state index < -0.39 is 24.1 Å². The zero-order chi connectivity index (χ0) is 11.4. The van der Waals surface area contributed by atoms with Crippen molar-refractivity contribution in [1.29, 1.82) is 0 Å². The highest BCUT2D eigenvalue weighted by Gasteiger charge is 2.46. The number of alkyl halides is 2. The van der Waals surface area contributed by atoms with Crippen molar-refractivity contribution in [3.8, 4) is 0 Å². The van der Waals surface area contributed by atoms with Crippen LogP contribution in [0.3, 0.4) is 0 Å². The lowest BCUT2D eigenvalue weighted by Gasteiger charge is -2.35. The van der Waals surface area contributed by atoms with Crippen LogP contribution in [0.1, 0.15) is 39.5 Å². The Kier molecular flexibility index (Phi) is 4.91. The summed E-state index contributed by atoms with van der Waals surface area (Å²) in [5.74, 6) is -3.20. The standard InChI is InChI=1S/C9H20F2N2O/c1-3-5-8(10,11)7(14)9(12,13)6-4-2/h7,14H,3-6,12-13H2,1-2H3. The molecule has 0 saturated carbocycles. The van der Waals surface area contributed by atoms with Gasteiger partial charge in [-0.15, -0.1) is 0 Å². The van der Waals surface area contributed by atoms with Gasteiger partial charge in [0.05, 0.1) is 5.66 Å². The summed E-state index contributed by atoms with van der Waals surface area (Å²) in [6.45, 7) is 3.40. The molecule has 0 aliphatic heterocycles. The highest BCUT2D eigenvalue weighted by atomic mass is 19.3. The van der Waals surface area contributed by atoms with Gasteiger partial charge in [-0.3, -0.25) is 0 Å². The summed E-state index contributed by atoms with van der Waals surface area (Å²) in [5.41, 5.74) is 9.17. The quantitative estimate of drug-likeness (QED) is 0.577. The highest BCUT2D eigenvalue weighted by Crippen LogP contribution is 2.29. The maximum atomic E-state index is 13.2. The Morgan fingerprint density at radius 3 is 1.93 bits per heavy atom. The van der Waals surface area contributed by atoms with Crippen LogP contribution in [0.2, 0.25) is 0 Å². The lowest BCUT2D eigenvalue weighted by atomic mass is 9.92. The molecule has 3 nitrogen and oxygen atoms in total. The molecule has 0 aromatic rings. The molecule has 0 radical (unpaired) electrons. The largest absolute Gasteiger partial charge is 0.383 e. The van der Waals surface area contributed by atoms with E-state index in [1.807, 2.05) is 0 Å². The lowest BCUT2D eigenvalue weighted by molar-refractivity contribution is -0.143. The number of halogens is 2. The van der Waals surface area contributed by atoms with Crippen LogP contribution in [0, 0.1) is 0 Å². The predicted octanol–water partition coefficient (Wildman–Crippen LogP) is 1.20. The van der Waals surface area contributed by atoms with E-state index in [4.69, 9.17) is 11.5 Å². The van der Waals surface area contributed by atoms with Crippen LogP contribution in [-0.4, -0.2) is 22.8 Å². The third-order valence-corrected chi connectivity index (χ3v) is 2.18. The summed E-state index contributed by atoms with van der Waals surface area (Å²) >= 11 is 0. The molecular weight excluding hydrogens is 190 g/mol. The fraction of sp³-hybridized carbons (Fsp3) is 1.00. The van der Waals surface area contributed by atoms with Crippen LogP contribution in [0.25, 0.3) is 0 Å². The van der Waals surface area contributed by atoms with Gasteiger partial charge in [-0.25, -0.2) is 8.78 Å². The fourth-order valence-corrected chi connectivity index (χ4v) is 1.43. The SMILES string of the molecule is CCCC(N)(N)C(O)C(F)(F)CCC. The molecular formula is C9H20F2N2O. The van der Waals surface area contributed by atoms with Gasteiger partial charge < -0.3 is 16.6 Å². The van der Waals surface area contributed by atoms with E-state index in [-0.39, 0.29) is 12.8 Å². The van der Waals surface area contributed by atoms with E-state index in [0.717, 1.165) is 0 Å². The van der Waals surface area contributed by atoms with Crippen molar-refractivity contribution in [2.45, 2.75) is 57.2 Å². The molecule has 0 saturated heterocycles. The maximum Gasteiger partial charge on any atom is 0.276 e. The van der Waals surface area contributed by atoms with Crippen LogP contribution in [-0.2, 0) is 0 Å². The normalized spacial score (nSPS) is 15.6. The van der Waals surface area contributed by atoms with Gasteiger partial charge in [0.15, 0.2) is 0 Å². The molecule has 14 heavy (non-hydrogen) atoms. The van der Waals surface area contributed by atoms with Gasteiger partial charge in [0.2, 0.25) is 0 Å². The van der Waals surface area contributed by atoms with Gasteiger partial charge in [0.25, 0.3) is 5.92 Å². The van der Waals surface area contributed by atoms with Gasteiger partial charge in [-0.05, 0) is 6.42 Å². The summed E-state index contributed by atoms with van der Waals surface area (Å²) in [6.07, 6.45) is -1.35. The van der Waals surface area contributed by atoms with E-state index in [9.17, 15) is 13.9 Å². The Morgan fingerprint density at radius 2 is 1.57 bits per heavy atom. The molecule has 0 aliphatic rings. The minimum atomic E-state index is -3.20. The predicted molar refractivity (Wildman–Crippen MR) is 51.9 cm³/mol. The van der Waals surface area contributed by atoms with Gasteiger partial charge in [0.1, 0.15) is 6.10 Å². The van der Waals surface area contributed by atoms with Crippen molar-refractivity contribution in [3.63, 3.8) is 0 Å². The van der Waals surface area contributed by atoms with Crippen molar-refractivity contribution < 1.29 is 13.9 Å². The molecule has 0 rings (SSSR count). The van der Waals surface area contributed by atoms with Gasteiger partial charge in [-0.1, -0.05) is 26.7 Å². The molecule has 1 atom stereocenters. The van der Waals surface area contributed by atoms with Crippen LogP contribution in [0.5, 0.6) is 0 Å². The first-order valence-corrected chi connectivity index (χ1v) is 4.91. The number of rotatable bonds is 6. The summed E-state index contributed by atoms with van der Waals surface area (Å²) < 4.78 is 26.5. The molecule has 0 fully saturated rings. The minimum Gasteiger partial charge on any atom is -0.383 e. The third kappa shape index (κ3) is 3.48. The van der Waals surface area contributed by atoms with Crippen LogP contribution < -0.4 is 11.5 Å². The van der Waals surface area contributed by atoms with Crippen molar-refractivity contribution in [2.75, 3.05) is 0 Å². The van der Waals surface area contributed by atoms with Crippen LogP contribution in [0.4, 0.5) is 8.78 Å². The Labute approximate surface area is 83.5 Å². The second-order valence-electron chi connectivity index (χ2n) is 3.78. The van der Waals surface area contributed by atoms with Gasteiger partial charge in [0, 0.05) is 6.42 Å². The third-order valence-electron chi connectivity index (χ3n) is 2.18. The van der Waals surface area contributed by atoms with E-state index in [0.29, 0.717) is 6.42 Å². The number of nitrogens with two attached hydrogens (primary N) is 2. The summed E-state index contributed by atoms with van der Waals surface area (Å²) in [5, 5.41) is 9.37. The summed E-state index contributed by atoms with van der Waals surface area (Å²) in [6, 6.07) is 0. The van der Waals surface area contributed by atoms with E-state index in [1.165, 1.54) is 0 Å². The number of hydrogen-bond acceptors (Lipinski definition) is 3. The van der Waals surface area contributed by atoms with Crippen LogP contribution >= 0.6 is 0 Å². The molecule has 0 bridgehead atoms. The molecule has 0 aromatic heterocycles. The first-order chi connectivity index (χ1) is 6.28. The topological polar surface area (TPSA) is 72.3 Å². The van der Waals surface area contributed by atoms with E-state index in [2.05, 4.69) is 0 Å². The zero-order valence-corrected chi connectivity index (χ0v) is 8.76. The summed E-state index contributed by atoms with van der Waals surface area (Å²) in [4.78, 5) is 0. The Morgan fingerprint density at radius 1 is 1.14 bits per heavy atom. The Balaban J connectivity index is 4.49. The molecule has 0 spiro atoms. The van der Waals surface area contributed by atoms with Crippen LogP contribution in [0.15, 0.2) is 0 Å². The second kappa shape index (κ2) is 5.00. The Bertz CT molecular complexity index is 156. The fourth-order valence-electron chi connectivity index (χ4n) is 1.43. The molecule has 5 N–H and O–H groups in total. The molecule has 5 heteroatoms. The molecule has 86 valence electrons. The maximum absolute atomic E-state index is 13.2. The van der Waals surface area contributed by atoms with Crippen molar-refractivity contribution in [1.82, 2.24) is 0 Å². The first kappa shape index (κ1) is 13.7. The van der Waals surface area contributed by atoms with Gasteiger partial charge >= 0.3 is 0 Å². The monoisotopic (exact) mass is 210 g/mol. The Hall–Kier alpha value is -0.260. The molecule has 0 amide bonds.